The van der Waals surface area contributed by atoms with Crippen LogP contribution in [0.1, 0.15) is 12.5 Å². The third-order valence-electron chi connectivity index (χ3n) is 3.91. The van der Waals surface area contributed by atoms with E-state index in [2.05, 4.69) is 25.4 Å². The van der Waals surface area contributed by atoms with Crippen molar-refractivity contribution >= 4 is 39.6 Å². The monoisotopic (exact) mass is 380 g/mol. The van der Waals surface area contributed by atoms with Crippen molar-refractivity contribution in [2.45, 2.75) is 12.3 Å². The van der Waals surface area contributed by atoms with E-state index in [0.29, 0.717) is 10.0 Å². The fraction of sp³-hybridized carbons (Fsp3) is 0.333. The van der Waals surface area contributed by atoms with Gasteiger partial charge in [0.25, 0.3) is 0 Å². The molecule has 1 aromatic carbocycles. The van der Waals surface area contributed by atoms with Crippen LogP contribution in [0.5, 0.6) is 0 Å². The molecule has 0 spiro atoms. The van der Waals surface area contributed by atoms with Crippen molar-refractivity contribution in [3.05, 3.63) is 28.2 Å². The summed E-state index contributed by atoms with van der Waals surface area (Å²) >= 11 is 3.29. The number of nitriles is 1. The molecule has 0 aliphatic carbocycles. The molecule has 120 valence electrons. The van der Waals surface area contributed by atoms with E-state index in [0.717, 1.165) is 19.1 Å². The number of carbonyl (C=O) groups is 3. The van der Waals surface area contributed by atoms with Crippen molar-refractivity contribution in [2.24, 2.45) is 5.92 Å². The predicted octanol–water partition coefficient (Wildman–Crippen LogP) is 2.13. The Balaban J connectivity index is 2.73. The highest BCUT2D eigenvalue weighted by molar-refractivity contribution is 9.10. The van der Waals surface area contributed by atoms with Crippen LogP contribution < -0.4 is 4.90 Å². The number of imide groups is 1. The van der Waals surface area contributed by atoms with Gasteiger partial charge in [0.2, 0.25) is 5.91 Å². The minimum absolute atomic E-state index is 0.275. The van der Waals surface area contributed by atoms with Crippen LogP contribution in [0.4, 0.5) is 10.5 Å². The molecule has 2 atom stereocenters. The van der Waals surface area contributed by atoms with Crippen molar-refractivity contribution < 1.29 is 23.9 Å². The molecule has 1 aliphatic heterocycles. The zero-order valence-corrected chi connectivity index (χ0v) is 14.2. The van der Waals surface area contributed by atoms with Crippen LogP contribution >= 0.6 is 15.9 Å². The average Bonchev–Trinajstić information content (AvgIpc) is 2.76. The minimum atomic E-state index is -1.56. The Morgan fingerprint density at radius 2 is 2.00 bits per heavy atom. The number of benzene rings is 1. The Morgan fingerprint density at radius 1 is 1.35 bits per heavy atom. The molecular formula is C15H13BrN2O5. The number of rotatable bonds is 2. The highest BCUT2D eigenvalue weighted by Crippen LogP contribution is 2.47. The molecule has 1 aromatic rings. The second-order valence-corrected chi connectivity index (χ2v) is 5.98. The van der Waals surface area contributed by atoms with Crippen LogP contribution in [0, 0.1) is 17.2 Å². The van der Waals surface area contributed by atoms with Crippen LogP contribution in [0.3, 0.4) is 0 Å². The molecule has 1 aliphatic rings. The molecule has 8 heteroatoms. The van der Waals surface area contributed by atoms with Gasteiger partial charge in [-0.05, 0) is 30.7 Å². The summed E-state index contributed by atoms with van der Waals surface area (Å²) in [5.41, 5.74) is -0.911. The zero-order valence-electron chi connectivity index (χ0n) is 12.6. The summed E-state index contributed by atoms with van der Waals surface area (Å²) in [4.78, 5) is 37.7. The van der Waals surface area contributed by atoms with E-state index in [4.69, 9.17) is 0 Å². The van der Waals surface area contributed by atoms with Gasteiger partial charge in [0.1, 0.15) is 5.41 Å². The van der Waals surface area contributed by atoms with Gasteiger partial charge in [-0.25, -0.2) is 9.69 Å². The number of carbonyl (C=O) groups excluding carboxylic acids is 3. The Morgan fingerprint density at radius 3 is 2.52 bits per heavy atom. The van der Waals surface area contributed by atoms with E-state index in [-0.39, 0.29) is 5.69 Å². The molecule has 23 heavy (non-hydrogen) atoms. The fourth-order valence-corrected chi connectivity index (χ4v) is 3.02. The Hall–Kier alpha value is -2.40. The minimum Gasteiger partial charge on any atom is -0.468 e. The zero-order chi connectivity index (χ0) is 17.4. The number of anilines is 1. The summed E-state index contributed by atoms with van der Waals surface area (Å²) in [7, 11) is 2.28. The number of hydrogen-bond donors (Lipinski definition) is 0. The van der Waals surface area contributed by atoms with Gasteiger partial charge in [-0.15, -0.1) is 0 Å². The lowest BCUT2D eigenvalue weighted by atomic mass is 9.73. The van der Waals surface area contributed by atoms with Gasteiger partial charge in [0.15, 0.2) is 5.92 Å². The second kappa shape index (κ2) is 6.01. The van der Waals surface area contributed by atoms with Crippen molar-refractivity contribution in [3.63, 3.8) is 0 Å². The Kier molecular flexibility index (Phi) is 4.43. The summed E-state index contributed by atoms with van der Waals surface area (Å²) < 4.78 is 9.92. The number of nitrogens with zero attached hydrogens (tertiary/aromatic N) is 2. The first-order valence-electron chi connectivity index (χ1n) is 6.52. The molecule has 7 nitrogen and oxygen atoms in total. The second-order valence-electron chi connectivity index (χ2n) is 5.06. The summed E-state index contributed by atoms with van der Waals surface area (Å²) in [6.45, 7) is 1.44. The summed E-state index contributed by atoms with van der Waals surface area (Å²) in [6.07, 6.45) is -0.885. The third-order valence-corrected chi connectivity index (χ3v) is 4.40. The van der Waals surface area contributed by atoms with Gasteiger partial charge in [-0.2, -0.15) is 5.26 Å². The fourth-order valence-electron chi connectivity index (χ4n) is 2.66. The molecule has 0 saturated carbocycles. The molecule has 0 saturated heterocycles. The first-order valence-corrected chi connectivity index (χ1v) is 7.32. The van der Waals surface area contributed by atoms with Crippen molar-refractivity contribution in [2.75, 3.05) is 19.1 Å². The normalized spacial score (nSPS) is 20.5. The van der Waals surface area contributed by atoms with Gasteiger partial charge in [-0.1, -0.05) is 15.9 Å². The standard InChI is InChI=1S/C15H13BrN2O5/c1-15(10(7-17)12(19)22-2)9-6-8(16)4-5-11(9)18(13(15)20)14(21)23-3/h4-6,10H,1-3H3/t10-,15+/m1/s1. The number of halogens is 1. The highest BCUT2D eigenvalue weighted by Gasteiger charge is 2.57. The summed E-state index contributed by atoms with van der Waals surface area (Å²) in [5.74, 6) is -2.96. The number of methoxy groups -OCH3 is 2. The first-order chi connectivity index (χ1) is 10.8. The number of hydrogen-bond acceptors (Lipinski definition) is 6. The number of esters is 1. The molecule has 2 rings (SSSR count). The molecule has 2 amide bonds. The maximum atomic E-state index is 12.9. The lowest BCUT2D eigenvalue weighted by Gasteiger charge is -2.26. The van der Waals surface area contributed by atoms with Gasteiger partial charge in [0.05, 0.1) is 26.0 Å². The molecule has 0 N–H and O–H groups in total. The number of amides is 2. The molecule has 0 fully saturated rings. The van der Waals surface area contributed by atoms with E-state index in [1.54, 1.807) is 18.2 Å². The summed E-state index contributed by atoms with van der Waals surface area (Å²) in [5, 5.41) is 9.40. The SMILES string of the molecule is COC(=O)[C@@H](C#N)[C@@]1(C)C(=O)N(C(=O)OC)c2ccc(Br)cc21. The van der Waals surface area contributed by atoms with Crippen molar-refractivity contribution in [1.29, 1.82) is 5.26 Å². The molecule has 0 unspecified atom stereocenters. The van der Waals surface area contributed by atoms with E-state index >= 15 is 0 Å². The van der Waals surface area contributed by atoms with Crippen LogP contribution in [0.25, 0.3) is 0 Å². The van der Waals surface area contributed by atoms with Gasteiger partial charge >= 0.3 is 12.1 Å². The summed E-state index contributed by atoms with van der Waals surface area (Å²) in [6, 6.07) is 6.61. The molecule has 0 radical (unpaired) electrons. The maximum absolute atomic E-state index is 12.9. The van der Waals surface area contributed by atoms with Crippen molar-refractivity contribution in [1.82, 2.24) is 0 Å². The largest absolute Gasteiger partial charge is 0.468 e. The third kappa shape index (κ3) is 2.37. The van der Waals surface area contributed by atoms with Crippen LogP contribution in [-0.2, 0) is 24.5 Å². The van der Waals surface area contributed by atoms with Crippen LogP contribution in [-0.4, -0.2) is 32.2 Å². The van der Waals surface area contributed by atoms with Gasteiger partial charge in [-0.3, -0.25) is 9.59 Å². The van der Waals surface area contributed by atoms with E-state index < -0.39 is 29.3 Å². The van der Waals surface area contributed by atoms with Crippen LogP contribution in [0.15, 0.2) is 22.7 Å². The highest BCUT2D eigenvalue weighted by atomic mass is 79.9. The van der Waals surface area contributed by atoms with Gasteiger partial charge < -0.3 is 9.47 Å². The molecule has 1 heterocycles. The average molecular weight is 381 g/mol. The van der Waals surface area contributed by atoms with E-state index in [1.165, 1.54) is 6.92 Å². The Labute approximate surface area is 140 Å². The molecular weight excluding hydrogens is 368 g/mol. The number of fused-ring (bicyclic) bond motifs is 1. The Bertz CT molecular complexity index is 742. The van der Waals surface area contributed by atoms with Gasteiger partial charge in [0, 0.05) is 4.47 Å². The van der Waals surface area contributed by atoms with Crippen molar-refractivity contribution in [3.8, 4) is 6.07 Å². The van der Waals surface area contributed by atoms with E-state index in [9.17, 15) is 19.6 Å². The molecule has 0 bridgehead atoms. The molecule has 0 aromatic heterocycles. The lowest BCUT2D eigenvalue weighted by Crippen LogP contribution is -2.47. The predicted molar refractivity (Wildman–Crippen MR) is 82.5 cm³/mol. The lowest BCUT2D eigenvalue weighted by molar-refractivity contribution is -0.147. The number of ether oxygens (including phenoxy) is 2. The first kappa shape index (κ1) is 17.0. The maximum Gasteiger partial charge on any atom is 0.420 e. The van der Waals surface area contributed by atoms with Crippen LogP contribution in [0.2, 0.25) is 0 Å². The topological polar surface area (TPSA) is 96.7 Å². The smallest absolute Gasteiger partial charge is 0.420 e. The quantitative estimate of drug-likeness (QED) is 0.729. The van der Waals surface area contributed by atoms with E-state index in [1.807, 2.05) is 6.07 Å².